The summed E-state index contributed by atoms with van der Waals surface area (Å²) in [6, 6.07) is 21.2. The van der Waals surface area contributed by atoms with Crippen molar-refractivity contribution < 1.29 is 14.9 Å². The van der Waals surface area contributed by atoms with Crippen LogP contribution in [0.4, 0.5) is 5.69 Å². The highest BCUT2D eigenvalue weighted by molar-refractivity contribution is 7.99. The Labute approximate surface area is 186 Å². The minimum absolute atomic E-state index is 0.00406. The van der Waals surface area contributed by atoms with Gasteiger partial charge >= 0.3 is 0 Å². The van der Waals surface area contributed by atoms with Crippen molar-refractivity contribution in [3.8, 4) is 17.2 Å². The molecule has 1 fully saturated rings. The third-order valence-electron chi connectivity index (χ3n) is 6.02. The second-order valence-corrected chi connectivity index (χ2v) is 9.36. The molecule has 5 nitrogen and oxygen atoms in total. The zero-order valence-corrected chi connectivity index (χ0v) is 18.3. The Morgan fingerprint density at radius 1 is 0.806 bits per heavy atom. The summed E-state index contributed by atoms with van der Waals surface area (Å²) in [5.41, 5.74) is 3.43. The highest BCUT2D eigenvalue weighted by Crippen LogP contribution is 2.54. The lowest BCUT2D eigenvalue weighted by Gasteiger charge is -2.35. The van der Waals surface area contributed by atoms with Gasteiger partial charge in [-0.3, -0.25) is 0 Å². The van der Waals surface area contributed by atoms with Crippen molar-refractivity contribution in [3.63, 3.8) is 0 Å². The van der Waals surface area contributed by atoms with Crippen LogP contribution in [0.2, 0.25) is 0 Å². The summed E-state index contributed by atoms with van der Waals surface area (Å²) < 4.78 is 6.45. The quantitative estimate of drug-likeness (QED) is 0.617. The molecular formula is C25H26N2O3S. The van der Waals surface area contributed by atoms with Crippen molar-refractivity contribution in [1.82, 2.24) is 4.90 Å². The Morgan fingerprint density at radius 3 is 2.16 bits per heavy atom. The highest BCUT2D eigenvalue weighted by Gasteiger charge is 2.33. The van der Waals surface area contributed by atoms with Crippen LogP contribution in [0, 0.1) is 0 Å². The lowest BCUT2D eigenvalue weighted by atomic mass is 9.99. The van der Waals surface area contributed by atoms with Crippen LogP contribution in [0.1, 0.15) is 22.5 Å². The molecule has 0 spiro atoms. The number of benzene rings is 3. The van der Waals surface area contributed by atoms with Crippen LogP contribution in [0.3, 0.4) is 0 Å². The molecule has 2 aliphatic rings. The maximum Gasteiger partial charge on any atom is 0.140 e. The number of phenols is 2. The predicted molar refractivity (Wildman–Crippen MR) is 124 cm³/mol. The number of ether oxygens (including phenoxy) is 1. The molecule has 0 aromatic heterocycles. The monoisotopic (exact) mass is 434 g/mol. The van der Waals surface area contributed by atoms with Crippen molar-refractivity contribution in [2.45, 2.75) is 16.2 Å². The number of nitrogens with zero attached hydrogens (tertiary/aromatic N) is 2. The molecule has 0 bridgehead atoms. The third kappa shape index (κ3) is 4.18. The fourth-order valence-corrected chi connectivity index (χ4v) is 5.50. The number of likely N-dealkylation sites (N-methyl/N-ethyl adjacent to an activating group) is 1. The minimum Gasteiger partial charge on any atom is -0.508 e. The van der Waals surface area contributed by atoms with Crippen LogP contribution in [-0.4, -0.2) is 48.3 Å². The summed E-state index contributed by atoms with van der Waals surface area (Å²) in [5.74, 6) is 1.26. The zero-order valence-electron chi connectivity index (χ0n) is 17.4. The summed E-state index contributed by atoms with van der Waals surface area (Å²) in [6.45, 7) is 4.24. The molecule has 0 saturated carbocycles. The molecule has 2 aliphatic heterocycles. The second kappa shape index (κ2) is 8.36. The topological polar surface area (TPSA) is 56.2 Å². The number of anilines is 1. The van der Waals surface area contributed by atoms with Crippen molar-refractivity contribution >= 4 is 17.4 Å². The van der Waals surface area contributed by atoms with E-state index in [9.17, 15) is 10.2 Å². The van der Waals surface area contributed by atoms with Gasteiger partial charge in [-0.2, -0.15) is 0 Å². The molecule has 0 aliphatic carbocycles. The van der Waals surface area contributed by atoms with Crippen LogP contribution in [0.15, 0.2) is 71.6 Å². The van der Waals surface area contributed by atoms with E-state index in [0.717, 1.165) is 48.0 Å². The molecule has 3 aromatic rings. The molecule has 2 N–H and O–H groups in total. The van der Waals surface area contributed by atoms with Gasteiger partial charge in [-0.15, -0.1) is 11.8 Å². The molecule has 6 heteroatoms. The standard InChI is InChI=1S/C25H26N2O3S/c1-26-12-14-27(15-13-26)19-6-2-17(3-7-19)24-25(18-4-8-20(28)9-5-18)31-23-16-21(29)10-11-22(23)30-24/h2-11,16,24-25,28-29H,12-15H2,1H3/t24-,25+/m0/s1. The van der Waals surface area contributed by atoms with Crippen molar-refractivity contribution in [2.75, 3.05) is 38.1 Å². The predicted octanol–water partition coefficient (Wildman–Crippen LogP) is 4.82. The van der Waals surface area contributed by atoms with Crippen LogP contribution >= 0.6 is 11.8 Å². The van der Waals surface area contributed by atoms with Gasteiger partial charge in [-0.1, -0.05) is 24.3 Å². The SMILES string of the molecule is CN1CCN(c2ccc([C@@H]3Oc4ccc(O)cc4S[C@@H]3c3ccc(O)cc3)cc2)CC1. The molecule has 160 valence electrons. The Morgan fingerprint density at radius 2 is 1.45 bits per heavy atom. The van der Waals surface area contributed by atoms with E-state index in [2.05, 4.69) is 41.1 Å². The van der Waals surface area contributed by atoms with E-state index in [1.54, 1.807) is 36.0 Å². The maximum absolute atomic E-state index is 9.93. The van der Waals surface area contributed by atoms with E-state index < -0.39 is 0 Å². The fraction of sp³-hybridized carbons (Fsp3) is 0.280. The molecule has 0 amide bonds. The number of hydrogen-bond acceptors (Lipinski definition) is 6. The van der Waals surface area contributed by atoms with Crippen LogP contribution in [0.25, 0.3) is 0 Å². The van der Waals surface area contributed by atoms with Gasteiger partial charge in [0, 0.05) is 31.9 Å². The second-order valence-electron chi connectivity index (χ2n) is 8.18. The molecule has 0 radical (unpaired) electrons. The number of rotatable bonds is 3. The van der Waals surface area contributed by atoms with Crippen LogP contribution in [0.5, 0.6) is 17.2 Å². The Balaban J connectivity index is 1.46. The average molecular weight is 435 g/mol. The molecule has 3 aromatic carbocycles. The van der Waals surface area contributed by atoms with Crippen LogP contribution < -0.4 is 9.64 Å². The fourth-order valence-electron chi connectivity index (χ4n) is 4.17. The third-order valence-corrected chi connectivity index (χ3v) is 7.37. The highest BCUT2D eigenvalue weighted by atomic mass is 32.2. The first-order chi connectivity index (χ1) is 15.1. The van der Waals surface area contributed by atoms with Crippen molar-refractivity contribution in [2.24, 2.45) is 0 Å². The summed E-state index contributed by atoms with van der Waals surface area (Å²) in [5, 5.41) is 19.7. The van der Waals surface area contributed by atoms with Crippen LogP contribution in [-0.2, 0) is 0 Å². The van der Waals surface area contributed by atoms with Gasteiger partial charge < -0.3 is 24.7 Å². The first-order valence-electron chi connectivity index (χ1n) is 10.6. The molecular weight excluding hydrogens is 408 g/mol. The van der Waals surface area contributed by atoms with Gasteiger partial charge in [0.1, 0.15) is 23.4 Å². The van der Waals surface area contributed by atoms with E-state index >= 15 is 0 Å². The largest absolute Gasteiger partial charge is 0.508 e. The summed E-state index contributed by atoms with van der Waals surface area (Å²) in [7, 11) is 2.17. The van der Waals surface area contributed by atoms with Gasteiger partial charge in [0.05, 0.1) is 10.1 Å². The van der Waals surface area contributed by atoms with E-state index in [-0.39, 0.29) is 22.9 Å². The first-order valence-corrected chi connectivity index (χ1v) is 11.4. The Kier molecular flexibility index (Phi) is 5.42. The van der Waals surface area contributed by atoms with E-state index in [4.69, 9.17) is 4.74 Å². The summed E-state index contributed by atoms with van der Waals surface area (Å²) in [6.07, 6.45) is -0.173. The van der Waals surface area contributed by atoms with Crippen molar-refractivity contribution in [3.05, 3.63) is 77.9 Å². The molecule has 31 heavy (non-hydrogen) atoms. The number of aromatic hydroxyl groups is 2. The van der Waals surface area contributed by atoms with E-state index in [0.29, 0.717) is 0 Å². The average Bonchev–Trinajstić information content (AvgIpc) is 2.79. The summed E-state index contributed by atoms with van der Waals surface area (Å²) >= 11 is 1.68. The van der Waals surface area contributed by atoms with Crippen molar-refractivity contribution in [1.29, 1.82) is 0 Å². The summed E-state index contributed by atoms with van der Waals surface area (Å²) in [4.78, 5) is 5.70. The number of hydrogen-bond donors (Lipinski definition) is 2. The van der Waals surface area contributed by atoms with Gasteiger partial charge in [0.2, 0.25) is 0 Å². The van der Waals surface area contributed by atoms with E-state index in [1.165, 1.54) is 5.69 Å². The molecule has 2 heterocycles. The number of piperazine rings is 1. The lowest BCUT2D eigenvalue weighted by molar-refractivity contribution is 0.190. The normalized spacial score (nSPS) is 21.4. The van der Waals surface area contributed by atoms with Gasteiger partial charge in [-0.25, -0.2) is 0 Å². The molecule has 1 saturated heterocycles. The van der Waals surface area contributed by atoms with E-state index in [1.807, 2.05) is 18.2 Å². The number of fused-ring (bicyclic) bond motifs is 1. The molecule has 0 unspecified atom stereocenters. The van der Waals surface area contributed by atoms with Gasteiger partial charge in [0.25, 0.3) is 0 Å². The minimum atomic E-state index is -0.173. The smallest absolute Gasteiger partial charge is 0.140 e. The Bertz CT molecular complexity index is 1050. The lowest BCUT2D eigenvalue weighted by Crippen LogP contribution is -2.44. The molecule has 5 rings (SSSR count). The first kappa shape index (κ1) is 20.1. The zero-order chi connectivity index (χ0) is 21.4. The number of thioether (sulfide) groups is 1. The maximum atomic E-state index is 9.93. The number of phenolic OH excluding ortho intramolecular Hbond substituents is 2. The van der Waals surface area contributed by atoms with Gasteiger partial charge in [-0.05, 0) is 60.6 Å². The molecule has 2 atom stereocenters. The Hall–Kier alpha value is -2.83. The van der Waals surface area contributed by atoms with Gasteiger partial charge in [0.15, 0.2) is 0 Å².